The van der Waals surface area contributed by atoms with Gasteiger partial charge in [-0.25, -0.2) is 0 Å². The maximum atomic E-state index is 11.0. The highest BCUT2D eigenvalue weighted by Crippen LogP contribution is 2.29. The van der Waals surface area contributed by atoms with Crippen molar-refractivity contribution in [3.05, 3.63) is 36.0 Å². The SMILES string of the molecule is CCCC(C)C(C(C)O)C(N)C(C)(O)/C=C/C=C(\C)CCC(C)/C=C/CC(C)CCC(C)CC=O. The number of carbonyl (C=O) groups excluding carboxylic acids is 1. The molecule has 204 valence electrons. The van der Waals surface area contributed by atoms with E-state index in [2.05, 4.69) is 59.8 Å². The molecule has 4 nitrogen and oxygen atoms in total. The normalized spacial score (nSPS) is 20.8. The molecule has 0 rings (SSSR count). The molecule has 0 aliphatic carbocycles. The molecule has 0 aromatic carbocycles. The third-order valence-corrected chi connectivity index (χ3v) is 7.51. The van der Waals surface area contributed by atoms with Gasteiger partial charge in [0.25, 0.3) is 0 Å². The number of nitrogens with two attached hydrogens (primary N) is 1. The van der Waals surface area contributed by atoms with Gasteiger partial charge in [0, 0.05) is 18.4 Å². The zero-order valence-corrected chi connectivity index (χ0v) is 24.0. The third kappa shape index (κ3) is 14.8. The Labute approximate surface area is 217 Å². The second-order valence-electron chi connectivity index (χ2n) is 11.6. The van der Waals surface area contributed by atoms with E-state index < -0.39 is 17.7 Å². The molecular weight excluding hydrogens is 434 g/mol. The number of aliphatic hydroxyl groups excluding tert-OH is 1. The van der Waals surface area contributed by atoms with Crippen molar-refractivity contribution in [1.29, 1.82) is 0 Å². The van der Waals surface area contributed by atoms with E-state index in [9.17, 15) is 15.0 Å². The highest BCUT2D eigenvalue weighted by Gasteiger charge is 2.37. The quantitative estimate of drug-likeness (QED) is 0.103. The van der Waals surface area contributed by atoms with Gasteiger partial charge in [0.15, 0.2) is 0 Å². The summed E-state index contributed by atoms with van der Waals surface area (Å²) in [4.78, 5) is 10.6. The summed E-state index contributed by atoms with van der Waals surface area (Å²) in [5.74, 6) is 1.75. The molecule has 8 atom stereocenters. The molecule has 0 spiro atoms. The number of rotatable bonds is 19. The number of carbonyl (C=O) groups is 1. The van der Waals surface area contributed by atoms with E-state index in [0.717, 1.165) is 44.8 Å². The van der Waals surface area contributed by atoms with Crippen molar-refractivity contribution in [2.75, 3.05) is 0 Å². The minimum atomic E-state index is -1.18. The van der Waals surface area contributed by atoms with Crippen molar-refractivity contribution in [3.8, 4) is 0 Å². The van der Waals surface area contributed by atoms with Crippen LogP contribution in [0.5, 0.6) is 0 Å². The molecule has 0 aliphatic rings. The van der Waals surface area contributed by atoms with Gasteiger partial charge in [-0.1, -0.05) is 96.3 Å². The molecule has 0 bridgehead atoms. The molecule has 0 fully saturated rings. The Morgan fingerprint density at radius 1 is 1.00 bits per heavy atom. The van der Waals surface area contributed by atoms with Crippen molar-refractivity contribution in [3.63, 3.8) is 0 Å². The first-order valence-electron chi connectivity index (χ1n) is 14.0. The van der Waals surface area contributed by atoms with E-state index in [-0.39, 0.29) is 11.8 Å². The lowest BCUT2D eigenvalue weighted by atomic mass is 9.75. The van der Waals surface area contributed by atoms with Crippen LogP contribution in [0.15, 0.2) is 36.0 Å². The Morgan fingerprint density at radius 2 is 1.60 bits per heavy atom. The molecule has 0 amide bonds. The Balaban J connectivity index is 4.66. The number of hydrogen-bond donors (Lipinski definition) is 3. The first kappa shape index (κ1) is 33.8. The maximum absolute atomic E-state index is 11.0. The summed E-state index contributed by atoms with van der Waals surface area (Å²) in [6.45, 7) is 16.6. The Bertz CT molecular complexity index is 650. The van der Waals surface area contributed by atoms with E-state index in [4.69, 9.17) is 5.73 Å². The molecule has 0 aliphatic heterocycles. The van der Waals surface area contributed by atoms with Gasteiger partial charge < -0.3 is 20.7 Å². The molecule has 0 saturated heterocycles. The molecule has 4 heteroatoms. The molecule has 0 aromatic heterocycles. The van der Waals surface area contributed by atoms with Crippen LogP contribution in [0.1, 0.15) is 107 Å². The predicted octanol–water partition coefficient (Wildman–Crippen LogP) is 7.00. The van der Waals surface area contributed by atoms with Gasteiger partial charge in [0.2, 0.25) is 0 Å². The van der Waals surface area contributed by atoms with Crippen molar-refractivity contribution in [2.24, 2.45) is 35.3 Å². The topological polar surface area (TPSA) is 83.6 Å². The summed E-state index contributed by atoms with van der Waals surface area (Å²) in [6.07, 6.45) is 19.0. The molecule has 0 radical (unpaired) electrons. The van der Waals surface area contributed by atoms with Gasteiger partial charge in [0.05, 0.1) is 11.7 Å². The third-order valence-electron chi connectivity index (χ3n) is 7.51. The van der Waals surface area contributed by atoms with Crippen LogP contribution in [0.3, 0.4) is 0 Å². The van der Waals surface area contributed by atoms with E-state index in [0.29, 0.717) is 24.2 Å². The van der Waals surface area contributed by atoms with Crippen LogP contribution in [0.2, 0.25) is 0 Å². The molecule has 0 heterocycles. The summed E-state index contributed by atoms with van der Waals surface area (Å²) < 4.78 is 0. The van der Waals surface area contributed by atoms with Crippen LogP contribution in [-0.4, -0.2) is 34.2 Å². The lowest BCUT2D eigenvalue weighted by Gasteiger charge is -2.38. The lowest BCUT2D eigenvalue weighted by Crippen LogP contribution is -2.54. The van der Waals surface area contributed by atoms with E-state index in [1.54, 1.807) is 19.9 Å². The average molecular weight is 492 g/mol. The standard InChI is InChI=1S/C31H57NO3/c1-9-12-27(6)29(28(7)34)30(32)31(8,35)21-11-15-25(4)17-16-23(2)13-10-14-24(3)18-19-26(5)20-22-33/h10-11,13,15,21-24,26-30,34-35H,9,12,14,16-20,32H2,1-8H3/b13-10+,21-11+,25-15+. The van der Waals surface area contributed by atoms with Crippen molar-refractivity contribution >= 4 is 6.29 Å². The second-order valence-corrected chi connectivity index (χ2v) is 11.6. The van der Waals surface area contributed by atoms with Crippen LogP contribution >= 0.6 is 0 Å². The Hall–Kier alpha value is -1.23. The average Bonchev–Trinajstić information content (AvgIpc) is 2.76. The fourth-order valence-electron chi connectivity index (χ4n) is 4.83. The van der Waals surface area contributed by atoms with Gasteiger partial charge in [-0.15, -0.1) is 0 Å². The number of allylic oxidation sites excluding steroid dienone is 5. The van der Waals surface area contributed by atoms with Gasteiger partial charge in [-0.3, -0.25) is 0 Å². The molecule has 4 N–H and O–H groups in total. The van der Waals surface area contributed by atoms with Gasteiger partial charge in [-0.2, -0.15) is 0 Å². The molecule has 8 unspecified atom stereocenters. The fraction of sp³-hybridized carbons (Fsp3) is 0.774. The fourth-order valence-corrected chi connectivity index (χ4v) is 4.83. The van der Waals surface area contributed by atoms with Crippen LogP contribution in [0, 0.1) is 29.6 Å². The van der Waals surface area contributed by atoms with Crippen LogP contribution in [0.4, 0.5) is 0 Å². The number of hydrogen-bond acceptors (Lipinski definition) is 4. The van der Waals surface area contributed by atoms with E-state index in [1.165, 1.54) is 12.0 Å². The van der Waals surface area contributed by atoms with Crippen molar-refractivity contribution in [1.82, 2.24) is 0 Å². The molecule has 0 saturated carbocycles. The van der Waals surface area contributed by atoms with Crippen LogP contribution in [-0.2, 0) is 4.79 Å². The van der Waals surface area contributed by atoms with Gasteiger partial charge in [0.1, 0.15) is 6.29 Å². The monoisotopic (exact) mass is 491 g/mol. The molecular formula is C31H57NO3. The molecule has 0 aromatic rings. The minimum absolute atomic E-state index is 0.158. The van der Waals surface area contributed by atoms with Gasteiger partial charge in [-0.05, 0) is 63.7 Å². The van der Waals surface area contributed by atoms with Crippen molar-refractivity contribution < 1.29 is 15.0 Å². The number of aliphatic hydroxyl groups is 2. The summed E-state index contributed by atoms with van der Waals surface area (Å²) in [7, 11) is 0. The summed E-state index contributed by atoms with van der Waals surface area (Å²) in [5, 5.41) is 21.3. The molecule has 35 heavy (non-hydrogen) atoms. The minimum Gasteiger partial charge on any atom is -0.393 e. The predicted molar refractivity (Wildman–Crippen MR) is 151 cm³/mol. The summed E-state index contributed by atoms with van der Waals surface area (Å²) >= 11 is 0. The Morgan fingerprint density at radius 3 is 2.14 bits per heavy atom. The second kappa shape index (κ2) is 18.1. The summed E-state index contributed by atoms with van der Waals surface area (Å²) in [5.41, 5.74) is 6.55. The van der Waals surface area contributed by atoms with Crippen LogP contribution in [0.25, 0.3) is 0 Å². The number of aldehydes is 1. The largest absolute Gasteiger partial charge is 0.393 e. The van der Waals surface area contributed by atoms with Gasteiger partial charge >= 0.3 is 0 Å². The maximum Gasteiger partial charge on any atom is 0.120 e. The zero-order valence-electron chi connectivity index (χ0n) is 24.0. The lowest BCUT2D eigenvalue weighted by molar-refractivity contribution is -0.108. The van der Waals surface area contributed by atoms with Crippen LogP contribution < -0.4 is 5.73 Å². The smallest absolute Gasteiger partial charge is 0.120 e. The zero-order chi connectivity index (χ0) is 27.0. The van der Waals surface area contributed by atoms with E-state index >= 15 is 0 Å². The highest BCUT2D eigenvalue weighted by atomic mass is 16.3. The van der Waals surface area contributed by atoms with Crippen molar-refractivity contribution in [2.45, 2.75) is 125 Å². The highest BCUT2D eigenvalue weighted by molar-refractivity contribution is 5.49. The van der Waals surface area contributed by atoms with E-state index in [1.807, 2.05) is 6.08 Å². The summed E-state index contributed by atoms with van der Waals surface area (Å²) in [6, 6.07) is -0.533. The first-order chi connectivity index (χ1) is 16.3. The Kier molecular flexibility index (Phi) is 17.4. The first-order valence-corrected chi connectivity index (χ1v) is 14.0.